The second-order valence-electron chi connectivity index (χ2n) is 4.52. The second kappa shape index (κ2) is 4.74. The van der Waals surface area contributed by atoms with Crippen molar-refractivity contribution in [1.82, 2.24) is 0 Å². The van der Waals surface area contributed by atoms with Gasteiger partial charge in [-0.05, 0) is 17.2 Å². The molecular weight excluding hydrogens is 256 g/mol. The molecule has 0 atom stereocenters. The fourth-order valence-electron chi connectivity index (χ4n) is 2.46. The minimum absolute atomic E-state index is 0.00926. The molecule has 0 radical (unpaired) electrons. The molecule has 2 N–H and O–H groups in total. The predicted molar refractivity (Wildman–Crippen MR) is 73.8 cm³/mol. The van der Waals surface area contributed by atoms with Gasteiger partial charge in [-0.2, -0.15) is 0 Å². The molecule has 0 saturated heterocycles. The van der Waals surface area contributed by atoms with Crippen molar-refractivity contribution < 1.29 is 19.4 Å². The first kappa shape index (κ1) is 12.3. The number of fused-ring (bicyclic) bond motifs is 1. The Labute approximate surface area is 115 Å². The molecular formula is C16H12O4. The summed E-state index contributed by atoms with van der Waals surface area (Å²) in [6, 6.07) is 11.0. The number of carboxylic acids is 1. The molecule has 1 aliphatic heterocycles. The van der Waals surface area contributed by atoms with E-state index >= 15 is 0 Å². The summed E-state index contributed by atoms with van der Waals surface area (Å²) >= 11 is 0. The van der Waals surface area contributed by atoms with Crippen LogP contribution in [0.4, 0.5) is 0 Å². The van der Waals surface area contributed by atoms with Crippen LogP contribution in [0.15, 0.2) is 53.3 Å². The average molecular weight is 268 g/mol. The lowest BCUT2D eigenvalue weighted by Gasteiger charge is -2.03. The van der Waals surface area contributed by atoms with Crippen LogP contribution in [-0.2, 0) is 11.2 Å². The fourth-order valence-corrected chi connectivity index (χ4v) is 2.46. The lowest BCUT2D eigenvalue weighted by Crippen LogP contribution is -1.99. The van der Waals surface area contributed by atoms with Crippen molar-refractivity contribution in [1.29, 1.82) is 0 Å². The Kier molecular flexibility index (Phi) is 2.91. The normalized spacial score (nSPS) is 10.8. The monoisotopic (exact) mass is 268 g/mol. The van der Waals surface area contributed by atoms with E-state index < -0.39 is 5.97 Å². The Balaban J connectivity index is 2.28. The SMILES string of the molecule is O=C(O)Cc1c2ccocc-2c(-c2ccccc2)c1O. The zero-order chi connectivity index (χ0) is 14.1. The third kappa shape index (κ3) is 1.91. The Bertz CT molecular complexity index is 728. The number of aromatic hydroxyl groups is 1. The van der Waals surface area contributed by atoms with E-state index in [0.717, 1.165) is 5.56 Å². The van der Waals surface area contributed by atoms with Gasteiger partial charge in [-0.3, -0.25) is 4.79 Å². The molecule has 1 aliphatic carbocycles. The summed E-state index contributed by atoms with van der Waals surface area (Å²) in [5.41, 5.74) is 3.28. The van der Waals surface area contributed by atoms with Crippen molar-refractivity contribution in [2.45, 2.75) is 6.42 Å². The maximum Gasteiger partial charge on any atom is 0.307 e. The van der Waals surface area contributed by atoms with Gasteiger partial charge in [-0.1, -0.05) is 30.3 Å². The first-order valence-electron chi connectivity index (χ1n) is 6.15. The van der Waals surface area contributed by atoms with Gasteiger partial charge in [0.15, 0.2) is 0 Å². The Morgan fingerprint density at radius 1 is 1.10 bits per heavy atom. The van der Waals surface area contributed by atoms with E-state index in [1.807, 2.05) is 30.3 Å². The van der Waals surface area contributed by atoms with Gasteiger partial charge in [0.1, 0.15) is 5.75 Å². The number of hydrogen-bond donors (Lipinski definition) is 2. The molecule has 3 rings (SSSR count). The Morgan fingerprint density at radius 3 is 2.55 bits per heavy atom. The van der Waals surface area contributed by atoms with E-state index in [0.29, 0.717) is 22.3 Å². The first-order chi connectivity index (χ1) is 9.68. The van der Waals surface area contributed by atoms with E-state index in [9.17, 15) is 9.90 Å². The van der Waals surface area contributed by atoms with Crippen LogP contribution in [0.5, 0.6) is 5.75 Å². The van der Waals surface area contributed by atoms with Crippen molar-refractivity contribution >= 4 is 5.97 Å². The van der Waals surface area contributed by atoms with Crippen LogP contribution in [-0.4, -0.2) is 16.2 Å². The zero-order valence-corrected chi connectivity index (χ0v) is 10.5. The van der Waals surface area contributed by atoms with Crippen LogP contribution in [0, 0.1) is 0 Å². The standard InChI is InChI=1S/C16H12O4/c17-14(18)8-12-11-6-7-20-9-13(11)15(16(12)19)10-4-2-1-3-5-10/h1-7,9,19H,8H2,(H,17,18). The molecule has 4 heteroatoms. The molecule has 0 bridgehead atoms. The van der Waals surface area contributed by atoms with E-state index in [2.05, 4.69) is 0 Å². The largest absolute Gasteiger partial charge is 0.507 e. The lowest BCUT2D eigenvalue weighted by atomic mass is 10.0. The smallest absolute Gasteiger partial charge is 0.307 e. The van der Waals surface area contributed by atoms with Crippen LogP contribution in [0.25, 0.3) is 22.3 Å². The molecule has 2 aliphatic rings. The molecule has 0 unspecified atom stereocenters. The second-order valence-corrected chi connectivity index (χ2v) is 4.52. The predicted octanol–water partition coefficient (Wildman–Crippen LogP) is 3.38. The van der Waals surface area contributed by atoms with Gasteiger partial charge in [-0.25, -0.2) is 0 Å². The summed E-state index contributed by atoms with van der Waals surface area (Å²) < 4.78 is 5.17. The topological polar surface area (TPSA) is 70.7 Å². The van der Waals surface area contributed by atoms with Gasteiger partial charge < -0.3 is 14.6 Å². The van der Waals surface area contributed by atoms with Crippen LogP contribution < -0.4 is 0 Å². The average Bonchev–Trinajstić information content (AvgIpc) is 2.72. The van der Waals surface area contributed by atoms with Gasteiger partial charge in [0.2, 0.25) is 0 Å². The molecule has 0 spiro atoms. The molecule has 100 valence electrons. The first-order valence-corrected chi connectivity index (χ1v) is 6.15. The molecule has 1 aromatic rings. The van der Waals surface area contributed by atoms with E-state index in [-0.39, 0.29) is 12.2 Å². The molecule has 20 heavy (non-hydrogen) atoms. The number of aliphatic carboxylic acids is 1. The summed E-state index contributed by atoms with van der Waals surface area (Å²) in [7, 11) is 0. The maximum absolute atomic E-state index is 11.0. The highest BCUT2D eigenvalue weighted by molar-refractivity contribution is 5.95. The summed E-state index contributed by atoms with van der Waals surface area (Å²) in [6.45, 7) is 0. The quantitative estimate of drug-likeness (QED) is 0.763. The zero-order valence-electron chi connectivity index (χ0n) is 10.5. The lowest BCUT2D eigenvalue weighted by molar-refractivity contribution is -0.136. The van der Waals surface area contributed by atoms with Gasteiger partial charge in [-0.15, -0.1) is 0 Å². The third-order valence-electron chi connectivity index (χ3n) is 3.30. The van der Waals surface area contributed by atoms with Crippen molar-refractivity contribution in [3.05, 3.63) is 54.5 Å². The minimum Gasteiger partial charge on any atom is -0.507 e. The third-order valence-corrected chi connectivity index (χ3v) is 3.30. The van der Waals surface area contributed by atoms with Crippen molar-refractivity contribution in [3.63, 3.8) is 0 Å². The van der Waals surface area contributed by atoms with Crippen molar-refractivity contribution in [3.8, 4) is 28.0 Å². The highest BCUT2D eigenvalue weighted by atomic mass is 16.4. The molecule has 0 saturated carbocycles. The number of carboxylic acid groups (broad SMARTS) is 1. The molecule has 0 fully saturated rings. The van der Waals surface area contributed by atoms with E-state index in [4.69, 9.17) is 9.52 Å². The highest BCUT2D eigenvalue weighted by Gasteiger charge is 2.25. The summed E-state index contributed by atoms with van der Waals surface area (Å²) in [5, 5.41) is 19.4. The van der Waals surface area contributed by atoms with E-state index in [1.54, 1.807) is 6.07 Å². The number of rotatable bonds is 3. The Hall–Kier alpha value is -2.75. The summed E-state index contributed by atoms with van der Waals surface area (Å²) in [6.07, 6.45) is 2.78. The van der Waals surface area contributed by atoms with Crippen molar-refractivity contribution in [2.75, 3.05) is 0 Å². The van der Waals surface area contributed by atoms with Crippen LogP contribution in [0.2, 0.25) is 0 Å². The van der Waals surface area contributed by atoms with Crippen LogP contribution >= 0.6 is 0 Å². The van der Waals surface area contributed by atoms with Crippen LogP contribution in [0.1, 0.15) is 5.56 Å². The summed E-state index contributed by atoms with van der Waals surface area (Å²) in [4.78, 5) is 11.0. The van der Waals surface area contributed by atoms with Gasteiger partial charge in [0.25, 0.3) is 0 Å². The van der Waals surface area contributed by atoms with Gasteiger partial charge in [0.05, 0.1) is 18.9 Å². The molecule has 0 aromatic heterocycles. The fraction of sp³-hybridized carbons (Fsp3) is 0.0625. The van der Waals surface area contributed by atoms with E-state index in [1.165, 1.54) is 12.5 Å². The molecule has 4 nitrogen and oxygen atoms in total. The number of benzene rings is 1. The van der Waals surface area contributed by atoms with Crippen molar-refractivity contribution in [2.24, 2.45) is 0 Å². The van der Waals surface area contributed by atoms with Crippen LogP contribution in [0.3, 0.4) is 0 Å². The highest BCUT2D eigenvalue weighted by Crippen LogP contribution is 2.47. The summed E-state index contributed by atoms with van der Waals surface area (Å²) in [5.74, 6) is -0.970. The molecule has 0 amide bonds. The van der Waals surface area contributed by atoms with Gasteiger partial charge >= 0.3 is 5.97 Å². The maximum atomic E-state index is 11.0. The number of carbonyl (C=O) groups is 1. The minimum atomic E-state index is -0.979. The molecule has 1 aromatic carbocycles. The number of hydrogen-bond acceptors (Lipinski definition) is 3. The molecule has 1 heterocycles. The Morgan fingerprint density at radius 2 is 1.85 bits per heavy atom. The van der Waals surface area contributed by atoms with Gasteiger partial charge in [0, 0.05) is 16.7 Å².